The molecule has 0 atom stereocenters. The number of nitrogens with one attached hydrogen (secondary N) is 1. The standard InChI is InChI=1S/C11H15BrClNO/c1-11(2,3)15-14-7-8-4-5-9(13)6-10(8)12/h4-6,14H,7H2,1-3H3. The Hall–Kier alpha value is -0.0900. The molecule has 15 heavy (non-hydrogen) atoms. The molecule has 84 valence electrons. The van der Waals surface area contributed by atoms with E-state index in [0.717, 1.165) is 15.1 Å². The number of hydrogen-bond donors (Lipinski definition) is 1. The monoisotopic (exact) mass is 291 g/mol. The molecular formula is C11H15BrClNO. The van der Waals surface area contributed by atoms with Gasteiger partial charge in [0, 0.05) is 16.0 Å². The van der Waals surface area contributed by atoms with Crippen LogP contribution in [0, 0.1) is 0 Å². The molecule has 1 aromatic carbocycles. The van der Waals surface area contributed by atoms with Crippen LogP contribution in [0.5, 0.6) is 0 Å². The summed E-state index contributed by atoms with van der Waals surface area (Å²) < 4.78 is 0.986. The minimum absolute atomic E-state index is 0.182. The Bertz CT molecular complexity index is 336. The molecule has 0 saturated carbocycles. The molecule has 0 heterocycles. The first-order valence-corrected chi connectivity index (χ1v) is 5.90. The number of hydrogen-bond acceptors (Lipinski definition) is 2. The van der Waals surface area contributed by atoms with Gasteiger partial charge in [0.1, 0.15) is 0 Å². The van der Waals surface area contributed by atoms with E-state index in [1.165, 1.54) is 0 Å². The molecule has 0 spiro atoms. The maximum Gasteiger partial charge on any atom is 0.0813 e. The summed E-state index contributed by atoms with van der Waals surface area (Å²) in [7, 11) is 0. The minimum atomic E-state index is -0.182. The fourth-order valence-electron chi connectivity index (χ4n) is 0.995. The van der Waals surface area contributed by atoms with Crippen LogP contribution in [0.2, 0.25) is 5.02 Å². The molecule has 1 rings (SSSR count). The Morgan fingerprint density at radius 2 is 2.07 bits per heavy atom. The van der Waals surface area contributed by atoms with Crippen LogP contribution < -0.4 is 5.48 Å². The van der Waals surface area contributed by atoms with Crippen LogP contribution >= 0.6 is 27.5 Å². The Kier molecular flexibility index (Phi) is 4.59. The molecule has 0 amide bonds. The SMILES string of the molecule is CC(C)(C)ONCc1ccc(Cl)cc1Br. The van der Waals surface area contributed by atoms with Crippen molar-refractivity contribution in [1.29, 1.82) is 0 Å². The van der Waals surface area contributed by atoms with E-state index in [9.17, 15) is 0 Å². The van der Waals surface area contributed by atoms with Crippen LogP contribution in [0.15, 0.2) is 22.7 Å². The molecule has 0 bridgehead atoms. The molecule has 2 nitrogen and oxygen atoms in total. The average Bonchev–Trinajstić information content (AvgIpc) is 2.07. The second-order valence-corrected chi connectivity index (χ2v) is 5.56. The number of hydroxylamine groups is 1. The Balaban J connectivity index is 2.51. The average molecular weight is 293 g/mol. The van der Waals surface area contributed by atoms with Crippen LogP contribution in [0.3, 0.4) is 0 Å². The zero-order chi connectivity index (χ0) is 11.5. The third-order valence-corrected chi connectivity index (χ3v) is 2.63. The molecular weight excluding hydrogens is 277 g/mol. The van der Waals surface area contributed by atoms with Gasteiger partial charge in [-0.3, -0.25) is 4.84 Å². The quantitative estimate of drug-likeness (QED) is 0.853. The fraction of sp³-hybridized carbons (Fsp3) is 0.455. The molecule has 0 aliphatic heterocycles. The van der Waals surface area contributed by atoms with Gasteiger partial charge in [-0.25, -0.2) is 0 Å². The van der Waals surface area contributed by atoms with Crippen molar-refractivity contribution in [3.63, 3.8) is 0 Å². The van der Waals surface area contributed by atoms with E-state index in [1.54, 1.807) is 0 Å². The number of rotatable bonds is 3. The van der Waals surface area contributed by atoms with Gasteiger partial charge in [-0.1, -0.05) is 33.6 Å². The Morgan fingerprint density at radius 1 is 1.40 bits per heavy atom. The summed E-state index contributed by atoms with van der Waals surface area (Å²) in [5.74, 6) is 0. The van der Waals surface area contributed by atoms with E-state index < -0.39 is 0 Å². The van der Waals surface area contributed by atoms with Gasteiger partial charge in [0.2, 0.25) is 0 Å². The summed E-state index contributed by atoms with van der Waals surface area (Å²) in [6, 6.07) is 5.70. The lowest BCUT2D eigenvalue weighted by molar-refractivity contribution is -0.0758. The van der Waals surface area contributed by atoms with Crippen LogP contribution in [0.4, 0.5) is 0 Å². The van der Waals surface area contributed by atoms with Crippen molar-refractivity contribution in [3.05, 3.63) is 33.3 Å². The zero-order valence-electron chi connectivity index (χ0n) is 9.10. The number of benzene rings is 1. The molecule has 0 saturated heterocycles. The molecule has 0 fully saturated rings. The minimum Gasteiger partial charge on any atom is -0.296 e. The largest absolute Gasteiger partial charge is 0.296 e. The van der Waals surface area contributed by atoms with Crippen molar-refractivity contribution in [2.24, 2.45) is 0 Å². The number of halogens is 2. The fourth-order valence-corrected chi connectivity index (χ4v) is 1.82. The van der Waals surface area contributed by atoms with Gasteiger partial charge in [-0.05, 0) is 38.5 Å². The van der Waals surface area contributed by atoms with E-state index in [4.69, 9.17) is 16.4 Å². The molecule has 4 heteroatoms. The van der Waals surface area contributed by atoms with Crippen LogP contribution in [0.25, 0.3) is 0 Å². The van der Waals surface area contributed by atoms with Gasteiger partial charge >= 0.3 is 0 Å². The van der Waals surface area contributed by atoms with Crippen molar-refractivity contribution < 1.29 is 4.84 Å². The molecule has 0 radical (unpaired) electrons. The Labute approximate surface area is 104 Å². The van der Waals surface area contributed by atoms with Gasteiger partial charge in [-0.2, -0.15) is 5.48 Å². The smallest absolute Gasteiger partial charge is 0.0813 e. The van der Waals surface area contributed by atoms with Crippen molar-refractivity contribution in [3.8, 4) is 0 Å². The van der Waals surface area contributed by atoms with Crippen molar-refractivity contribution in [2.75, 3.05) is 0 Å². The highest BCUT2D eigenvalue weighted by Gasteiger charge is 2.10. The summed E-state index contributed by atoms with van der Waals surface area (Å²) in [5.41, 5.74) is 3.86. The normalized spacial score (nSPS) is 11.8. The van der Waals surface area contributed by atoms with Gasteiger partial charge < -0.3 is 0 Å². The molecule has 0 aliphatic carbocycles. The van der Waals surface area contributed by atoms with Crippen LogP contribution in [0.1, 0.15) is 26.3 Å². The molecule has 1 aromatic rings. The van der Waals surface area contributed by atoms with E-state index in [0.29, 0.717) is 6.54 Å². The van der Waals surface area contributed by atoms with Gasteiger partial charge in [0.25, 0.3) is 0 Å². The van der Waals surface area contributed by atoms with Gasteiger partial charge in [0.05, 0.1) is 5.60 Å². The van der Waals surface area contributed by atoms with E-state index in [-0.39, 0.29) is 5.60 Å². The highest BCUT2D eigenvalue weighted by molar-refractivity contribution is 9.10. The molecule has 0 aromatic heterocycles. The summed E-state index contributed by atoms with van der Waals surface area (Å²) in [6.07, 6.45) is 0. The van der Waals surface area contributed by atoms with Gasteiger partial charge in [-0.15, -0.1) is 0 Å². The van der Waals surface area contributed by atoms with Crippen molar-refractivity contribution in [2.45, 2.75) is 32.9 Å². The van der Waals surface area contributed by atoms with E-state index in [2.05, 4.69) is 21.4 Å². The first-order valence-electron chi connectivity index (χ1n) is 4.73. The first kappa shape index (κ1) is 13.0. The van der Waals surface area contributed by atoms with Crippen molar-refractivity contribution in [1.82, 2.24) is 5.48 Å². The Morgan fingerprint density at radius 3 is 2.60 bits per heavy atom. The van der Waals surface area contributed by atoms with Gasteiger partial charge in [0.15, 0.2) is 0 Å². The summed E-state index contributed by atoms with van der Waals surface area (Å²) in [5, 5.41) is 0.724. The second kappa shape index (κ2) is 5.30. The van der Waals surface area contributed by atoms with Crippen molar-refractivity contribution >= 4 is 27.5 Å². The lowest BCUT2D eigenvalue weighted by Crippen LogP contribution is -2.28. The van der Waals surface area contributed by atoms with E-state index >= 15 is 0 Å². The maximum absolute atomic E-state index is 5.84. The third-order valence-electron chi connectivity index (χ3n) is 1.66. The maximum atomic E-state index is 5.84. The predicted molar refractivity (Wildman–Crippen MR) is 66.8 cm³/mol. The highest BCUT2D eigenvalue weighted by Crippen LogP contribution is 2.21. The van der Waals surface area contributed by atoms with Crippen LogP contribution in [-0.2, 0) is 11.4 Å². The summed E-state index contributed by atoms with van der Waals surface area (Å²) >= 11 is 9.29. The van der Waals surface area contributed by atoms with E-state index in [1.807, 2.05) is 39.0 Å². The second-order valence-electron chi connectivity index (χ2n) is 4.27. The highest BCUT2D eigenvalue weighted by atomic mass is 79.9. The lowest BCUT2D eigenvalue weighted by Gasteiger charge is -2.19. The molecule has 1 N–H and O–H groups in total. The first-order chi connectivity index (χ1) is 6.88. The summed E-state index contributed by atoms with van der Waals surface area (Å²) in [4.78, 5) is 5.41. The summed E-state index contributed by atoms with van der Waals surface area (Å²) in [6.45, 7) is 6.64. The van der Waals surface area contributed by atoms with Crippen LogP contribution in [-0.4, -0.2) is 5.60 Å². The molecule has 0 unspecified atom stereocenters. The molecule has 0 aliphatic rings. The predicted octanol–water partition coefficient (Wildman–Crippen LogP) is 3.92. The topological polar surface area (TPSA) is 21.3 Å². The lowest BCUT2D eigenvalue weighted by atomic mass is 10.2. The third kappa shape index (κ3) is 4.98. The zero-order valence-corrected chi connectivity index (χ0v) is 11.4.